The van der Waals surface area contributed by atoms with Crippen LogP contribution in [0.25, 0.3) is 0 Å². The van der Waals surface area contributed by atoms with Crippen LogP contribution in [0.5, 0.6) is 0 Å². The van der Waals surface area contributed by atoms with Crippen LogP contribution < -0.4 is 5.73 Å². The average Bonchev–Trinajstić information content (AvgIpc) is 2.33. The maximum atomic E-state index is 12.7. The molecule has 1 aromatic carbocycles. The van der Waals surface area contributed by atoms with E-state index >= 15 is 0 Å². The first-order valence-corrected chi connectivity index (χ1v) is 3.81. The number of hydrogen-bond acceptors (Lipinski definition) is 1. The van der Waals surface area contributed by atoms with Crippen LogP contribution in [-0.2, 0) is 6.42 Å². The number of aryl methyl sites for hydroxylation is 1. The van der Waals surface area contributed by atoms with Crippen LogP contribution in [0.3, 0.4) is 0 Å². The number of fused-ring (bicyclic) bond motifs is 1. The molecule has 0 aliphatic heterocycles. The molecule has 0 radical (unpaired) electrons. The Kier molecular flexibility index (Phi) is 1.43. The zero-order chi connectivity index (χ0) is 7.84. The molecular weight excluding hydrogens is 141 g/mol. The predicted octanol–water partition coefficient (Wildman–Crippen LogP) is 1.77. The lowest BCUT2D eigenvalue weighted by atomic mass is 10.1. The first-order chi connectivity index (χ1) is 5.27. The van der Waals surface area contributed by atoms with Crippen LogP contribution in [0.1, 0.15) is 23.6 Å². The van der Waals surface area contributed by atoms with Crippen molar-refractivity contribution in [2.75, 3.05) is 0 Å². The molecule has 1 aliphatic rings. The van der Waals surface area contributed by atoms with Crippen molar-refractivity contribution in [3.8, 4) is 0 Å². The van der Waals surface area contributed by atoms with E-state index in [2.05, 4.69) is 0 Å². The zero-order valence-electron chi connectivity index (χ0n) is 6.18. The summed E-state index contributed by atoms with van der Waals surface area (Å²) in [4.78, 5) is 0. The van der Waals surface area contributed by atoms with Crippen molar-refractivity contribution in [2.45, 2.75) is 18.9 Å². The van der Waals surface area contributed by atoms with Crippen molar-refractivity contribution >= 4 is 0 Å². The molecule has 0 bridgehead atoms. The molecule has 0 fully saturated rings. The third kappa shape index (κ3) is 1.03. The molecule has 58 valence electrons. The van der Waals surface area contributed by atoms with Gasteiger partial charge in [-0.2, -0.15) is 0 Å². The summed E-state index contributed by atoms with van der Waals surface area (Å²) in [5.74, 6) is -0.180. The summed E-state index contributed by atoms with van der Waals surface area (Å²) in [6.45, 7) is 0. The van der Waals surface area contributed by atoms with Gasteiger partial charge in [0.15, 0.2) is 0 Å². The Hall–Kier alpha value is -0.890. The summed E-state index contributed by atoms with van der Waals surface area (Å²) in [6, 6.07) is 4.93. The van der Waals surface area contributed by atoms with Gasteiger partial charge in [-0.3, -0.25) is 0 Å². The Morgan fingerprint density at radius 1 is 1.45 bits per heavy atom. The van der Waals surface area contributed by atoms with Crippen LogP contribution in [0.15, 0.2) is 18.2 Å². The van der Waals surface area contributed by atoms with Gasteiger partial charge in [-0.25, -0.2) is 4.39 Å². The van der Waals surface area contributed by atoms with Gasteiger partial charge < -0.3 is 5.73 Å². The van der Waals surface area contributed by atoms with Crippen molar-refractivity contribution in [3.05, 3.63) is 35.1 Å². The number of benzene rings is 1. The Balaban J connectivity index is 2.52. The lowest BCUT2D eigenvalue weighted by Crippen LogP contribution is -2.05. The van der Waals surface area contributed by atoms with Gasteiger partial charge in [-0.1, -0.05) is 6.07 Å². The van der Waals surface area contributed by atoms with E-state index in [1.54, 1.807) is 6.07 Å². The third-order valence-electron chi connectivity index (χ3n) is 2.23. The van der Waals surface area contributed by atoms with Crippen molar-refractivity contribution in [1.82, 2.24) is 0 Å². The highest BCUT2D eigenvalue weighted by Gasteiger charge is 2.18. The molecular formula is C9H10FN. The lowest BCUT2D eigenvalue weighted by Gasteiger charge is -2.02. The molecule has 11 heavy (non-hydrogen) atoms. The third-order valence-corrected chi connectivity index (χ3v) is 2.23. The highest BCUT2D eigenvalue weighted by molar-refractivity contribution is 5.34. The van der Waals surface area contributed by atoms with Gasteiger partial charge in [0.1, 0.15) is 5.82 Å². The maximum Gasteiger partial charge on any atom is 0.123 e. The van der Waals surface area contributed by atoms with E-state index in [-0.39, 0.29) is 11.9 Å². The van der Waals surface area contributed by atoms with Crippen molar-refractivity contribution < 1.29 is 4.39 Å². The number of hydrogen-bond donors (Lipinski definition) is 1. The van der Waals surface area contributed by atoms with E-state index in [1.807, 2.05) is 6.07 Å². The van der Waals surface area contributed by atoms with Crippen LogP contribution >= 0.6 is 0 Å². The predicted molar refractivity (Wildman–Crippen MR) is 41.6 cm³/mol. The number of rotatable bonds is 0. The molecule has 0 amide bonds. The normalized spacial score (nSPS) is 21.8. The number of nitrogens with two attached hydrogens (primary N) is 1. The van der Waals surface area contributed by atoms with Crippen LogP contribution in [0.4, 0.5) is 4.39 Å². The fourth-order valence-corrected chi connectivity index (χ4v) is 1.61. The van der Waals surface area contributed by atoms with E-state index in [9.17, 15) is 4.39 Å². The zero-order valence-corrected chi connectivity index (χ0v) is 6.18. The van der Waals surface area contributed by atoms with Crippen molar-refractivity contribution in [1.29, 1.82) is 0 Å². The minimum Gasteiger partial charge on any atom is -0.324 e. The SMILES string of the molecule is N[C@H]1CCc2ccc(F)cc21. The lowest BCUT2D eigenvalue weighted by molar-refractivity contribution is 0.622. The van der Waals surface area contributed by atoms with Gasteiger partial charge in [0.05, 0.1) is 0 Å². The van der Waals surface area contributed by atoms with Gasteiger partial charge in [-0.15, -0.1) is 0 Å². The quantitative estimate of drug-likeness (QED) is 0.600. The fourth-order valence-electron chi connectivity index (χ4n) is 1.61. The summed E-state index contributed by atoms with van der Waals surface area (Å²) in [6.07, 6.45) is 1.95. The summed E-state index contributed by atoms with van der Waals surface area (Å²) in [5.41, 5.74) is 7.95. The van der Waals surface area contributed by atoms with Crippen LogP contribution in [0.2, 0.25) is 0 Å². The van der Waals surface area contributed by atoms with Gasteiger partial charge >= 0.3 is 0 Å². The molecule has 1 atom stereocenters. The van der Waals surface area contributed by atoms with E-state index < -0.39 is 0 Å². The van der Waals surface area contributed by atoms with Crippen LogP contribution in [-0.4, -0.2) is 0 Å². The van der Waals surface area contributed by atoms with E-state index in [0.29, 0.717) is 0 Å². The Bertz CT molecular complexity index is 283. The molecule has 0 heterocycles. The molecule has 0 aromatic heterocycles. The molecule has 0 spiro atoms. The summed E-state index contributed by atoms with van der Waals surface area (Å²) >= 11 is 0. The molecule has 2 rings (SSSR count). The first kappa shape index (κ1) is 6.80. The van der Waals surface area contributed by atoms with E-state index in [0.717, 1.165) is 18.4 Å². The maximum absolute atomic E-state index is 12.7. The van der Waals surface area contributed by atoms with Crippen molar-refractivity contribution in [3.63, 3.8) is 0 Å². The first-order valence-electron chi connectivity index (χ1n) is 3.81. The van der Waals surface area contributed by atoms with Crippen LogP contribution in [0, 0.1) is 5.82 Å². The summed E-state index contributed by atoms with van der Waals surface area (Å²) in [5, 5.41) is 0. The largest absolute Gasteiger partial charge is 0.324 e. The van der Waals surface area contributed by atoms with Gasteiger partial charge in [0.25, 0.3) is 0 Å². The molecule has 2 heteroatoms. The molecule has 2 N–H and O–H groups in total. The Morgan fingerprint density at radius 3 is 3.09 bits per heavy atom. The van der Waals surface area contributed by atoms with E-state index in [4.69, 9.17) is 5.73 Å². The fraction of sp³-hybridized carbons (Fsp3) is 0.333. The smallest absolute Gasteiger partial charge is 0.123 e. The standard InChI is InChI=1S/C9H10FN/c10-7-3-1-6-2-4-9(11)8(6)5-7/h1,3,5,9H,2,4,11H2/t9-/m0/s1. The average molecular weight is 151 g/mol. The second-order valence-electron chi connectivity index (χ2n) is 2.99. The molecule has 1 nitrogen and oxygen atoms in total. The summed E-state index contributed by atoms with van der Waals surface area (Å²) in [7, 11) is 0. The number of halogens is 1. The topological polar surface area (TPSA) is 26.0 Å². The second-order valence-corrected chi connectivity index (χ2v) is 2.99. The highest BCUT2D eigenvalue weighted by Crippen LogP contribution is 2.29. The Labute approximate surface area is 65.0 Å². The molecule has 0 saturated carbocycles. The van der Waals surface area contributed by atoms with Gasteiger partial charge in [0.2, 0.25) is 0 Å². The molecule has 0 unspecified atom stereocenters. The van der Waals surface area contributed by atoms with Gasteiger partial charge in [-0.05, 0) is 36.1 Å². The Morgan fingerprint density at radius 2 is 2.27 bits per heavy atom. The highest BCUT2D eigenvalue weighted by atomic mass is 19.1. The second kappa shape index (κ2) is 2.31. The van der Waals surface area contributed by atoms with E-state index in [1.165, 1.54) is 11.6 Å². The minimum atomic E-state index is -0.180. The molecule has 1 aromatic rings. The van der Waals surface area contributed by atoms with Gasteiger partial charge in [0, 0.05) is 6.04 Å². The monoisotopic (exact) mass is 151 g/mol. The molecule has 1 aliphatic carbocycles. The summed E-state index contributed by atoms with van der Waals surface area (Å²) < 4.78 is 12.7. The van der Waals surface area contributed by atoms with Crippen molar-refractivity contribution in [2.24, 2.45) is 5.73 Å². The molecule has 0 saturated heterocycles. The minimum absolute atomic E-state index is 0.0562.